The van der Waals surface area contributed by atoms with Gasteiger partial charge < -0.3 is 20.1 Å². The molecule has 1 saturated heterocycles. The summed E-state index contributed by atoms with van der Waals surface area (Å²) in [7, 11) is 1.68. The summed E-state index contributed by atoms with van der Waals surface area (Å²) in [6, 6.07) is 5.93. The number of aromatic amines is 1. The van der Waals surface area contributed by atoms with Gasteiger partial charge in [0.2, 0.25) is 0 Å². The molecule has 0 saturated carbocycles. The topological polar surface area (TPSA) is 88.3 Å². The smallest absolute Gasteiger partial charge is 0.319 e. The minimum Gasteiger partial charge on any atom is -0.496 e. The fraction of sp³-hybridized carbons (Fsp3) is 0.444. The van der Waals surface area contributed by atoms with Crippen LogP contribution in [0.1, 0.15) is 24.0 Å². The number of H-pyrrole nitrogens is 1. The molecular weight excluding hydrogens is 320 g/mol. The number of hydrogen-bond acceptors (Lipinski definition) is 4. The van der Waals surface area contributed by atoms with Crippen molar-refractivity contribution in [2.24, 2.45) is 0 Å². The van der Waals surface area contributed by atoms with Gasteiger partial charge in [-0.15, -0.1) is 0 Å². The summed E-state index contributed by atoms with van der Waals surface area (Å²) in [6.45, 7) is 3.92. The van der Waals surface area contributed by atoms with Gasteiger partial charge in [0.15, 0.2) is 0 Å². The number of benzene rings is 1. The maximum Gasteiger partial charge on any atom is 0.319 e. The average Bonchev–Trinajstić information content (AvgIpc) is 3.14. The van der Waals surface area contributed by atoms with Crippen LogP contribution in [0.4, 0.5) is 10.5 Å². The first-order chi connectivity index (χ1) is 12.1. The van der Waals surface area contributed by atoms with Crippen LogP contribution in [-0.2, 0) is 10.2 Å². The molecule has 0 unspecified atom stereocenters. The number of nitrogens with zero attached hydrogens (tertiary/aromatic N) is 1. The zero-order valence-electron chi connectivity index (χ0n) is 14.6. The molecule has 1 aromatic carbocycles. The van der Waals surface area contributed by atoms with Crippen molar-refractivity contribution in [1.82, 2.24) is 15.5 Å². The summed E-state index contributed by atoms with van der Waals surface area (Å²) < 4.78 is 11.1. The van der Waals surface area contributed by atoms with E-state index in [4.69, 9.17) is 9.47 Å². The Morgan fingerprint density at radius 1 is 1.40 bits per heavy atom. The standard InChI is InChI=1S/C18H24N4O3/c1-13-3-4-16(24-2)15(9-13)18(5-7-25-8-6-18)12-19-17(23)22-14-10-20-21-11-14/h3-4,9-11H,5-8,12H2,1-2H3,(H,20,21)(H2,19,22,23). The lowest BCUT2D eigenvalue weighted by molar-refractivity contribution is 0.0500. The summed E-state index contributed by atoms with van der Waals surface area (Å²) >= 11 is 0. The van der Waals surface area contributed by atoms with Crippen LogP contribution in [0.3, 0.4) is 0 Å². The molecule has 0 bridgehead atoms. The molecule has 0 aliphatic carbocycles. The highest BCUT2D eigenvalue weighted by molar-refractivity contribution is 5.88. The van der Waals surface area contributed by atoms with Crippen LogP contribution in [0.2, 0.25) is 0 Å². The summed E-state index contributed by atoms with van der Waals surface area (Å²) in [5.74, 6) is 0.851. The molecule has 7 heteroatoms. The molecule has 134 valence electrons. The highest BCUT2D eigenvalue weighted by Gasteiger charge is 2.37. The number of carbonyl (C=O) groups is 1. The van der Waals surface area contributed by atoms with Crippen LogP contribution in [0.5, 0.6) is 5.75 Å². The lowest BCUT2D eigenvalue weighted by Gasteiger charge is -2.38. The maximum atomic E-state index is 12.2. The van der Waals surface area contributed by atoms with Gasteiger partial charge in [0, 0.05) is 36.9 Å². The second kappa shape index (κ2) is 7.57. The maximum absolute atomic E-state index is 12.2. The molecule has 3 N–H and O–H groups in total. The number of aromatic nitrogens is 2. The largest absolute Gasteiger partial charge is 0.496 e. The van der Waals surface area contributed by atoms with Crippen LogP contribution >= 0.6 is 0 Å². The number of urea groups is 1. The fourth-order valence-electron chi connectivity index (χ4n) is 3.28. The summed E-state index contributed by atoms with van der Waals surface area (Å²) in [5.41, 5.74) is 2.72. The second-order valence-electron chi connectivity index (χ2n) is 6.39. The van der Waals surface area contributed by atoms with E-state index in [0.717, 1.165) is 24.2 Å². The molecule has 0 atom stereocenters. The quantitative estimate of drug-likeness (QED) is 0.778. The predicted molar refractivity (Wildman–Crippen MR) is 95.1 cm³/mol. The van der Waals surface area contributed by atoms with Crippen molar-refractivity contribution >= 4 is 11.7 Å². The second-order valence-corrected chi connectivity index (χ2v) is 6.39. The highest BCUT2D eigenvalue weighted by Crippen LogP contribution is 2.40. The fourth-order valence-corrected chi connectivity index (χ4v) is 3.28. The minimum atomic E-state index is -0.251. The third-order valence-corrected chi connectivity index (χ3v) is 4.72. The van der Waals surface area contributed by atoms with Crippen molar-refractivity contribution in [3.05, 3.63) is 41.7 Å². The Labute approximate surface area is 147 Å². The minimum absolute atomic E-state index is 0.205. The first-order valence-electron chi connectivity index (χ1n) is 8.39. The van der Waals surface area contributed by atoms with E-state index in [1.165, 1.54) is 5.56 Å². The van der Waals surface area contributed by atoms with E-state index in [-0.39, 0.29) is 11.4 Å². The molecule has 2 heterocycles. The van der Waals surface area contributed by atoms with Crippen LogP contribution in [-0.4, -0.2) is 43.1 Å². The molecule has 1 aromatic heterocycles. The van der Waals surface area contributed by atoms with Crippen molar-refractivity contribution in [2.75, 3.05) is 32.2 Å². The van der Waals surface area contributed by atoms with Crippen molar-refractivity contribution in [3.8, 4) is 5.75 Å². The number of nitrogens with one attached hydrogen (secondary N) is 3. The molecule has 1 fully saturated rings. The van der Waals surface area contributed by atoms with E-state index < -0.39 is 0 Å². The zero-order valence-corrected chi connectivity index (χ0v) is 14.6. The lowest BCUT2D eigenvalue weighted by Crippen LogP contribution is -2.46. The van der Waals surface area contributed by atoms with Crippen molar-refractivity contribution in [2.45, 2.75) is 25.2 Å². The van der Waals surface area contributed by atoms with Crippen LogP contribution in [0.25, 0.3) is 0 Å². The van der Waals surface area contributed by atoms with E-state index in [1.807, 2.05) is 12.1 Å². The van der Waals surface area contributed by atoms with Gasteiger partial charge in [-0.2, -0.15) is 5.10 Å². The van der Waals surface area contributed by atoms with Gasteiger partial charge in [0.25, 0.3) is 0 Å². The Kier molecular flexibility index (Phi) is 5.23. The molecule has 2 amide bonds. The summed E-state index contributed by atoms with van der Waals surface area (Å²) in [6.07, 6.45) is 4.86. The molecule has 0 radical (unpaired) electrons. The van der Waals surface area contributed by atoms with E-state index in [9.17, 15) is 4.79 Å². The van der Waals surface area contributed by atoms with E-state index in [2.05, 4.69) is 33.8 Å². The molecule has 1 aliphatic rings. The first-order valence-corrected chi connectivity index (χ1v) is 8.39. The number of carbonyl (C=O) groups excluding carboxylic acids is 1. The summed E-state index contributed by atoms with van der Waals surface area (Å²) in [4.78, 5) is 12.2. The third kappa shape index (κ3) is 3.93. The van der Waals surface area contributed by atoms with Crippen LogP contribution < -0.4 is 15.4 Å². The Morgan fingerprint density at radius 2 is 2.20 bits per heavy atom. The molecule has 1 aliphatic heterocycles. The van der Waals surface area contributed by atoms with Gasteiger partial charge in [0.05, 0.1) is 19.0 Å². The van der Waals surface area contributed by atoms with Gasteiger partial charge in [-0.1, -0.05) is 17.7 Å². The van der Waals surface area contributed by atoms with E-state index in [1.54, 1.807) is 19.5 Å². The average molecular weight is 344 g/mol. The Bertz CT molecular complexity index is 709. The third-order valence-electron chi connectivity index (χ3n) is 4.72. The zero-order chi connectivity index (χ0) is 17.7. The molecule has 3 rings (SSSR count). The summed E-state index contributed by atoms with van der Waals surface area (Å²) in [5, 5.41) is 12.2. The number of aryl methyl sites for hydroxylation is 1. The van der Waals surface area contributed by atoms with Crippen LogP contribution in [0.15, 0.2) is 30.6 Å². The van der Waals surface area contributed by atoms with Gasteiger partial charge in [-0.25, -0.2) is 4.79 Å². The Balaban J connectivity index is 1.79. The predicted octanol–water partition coefficient (Wildman–Crippen LogP) is 2.60. The highest BCUT2D eigenvalue weighted by atomic mass is 16.5. The van der Waals surface area contributed by atoms with E-state index in [0.29, 0.717) is 25.4 Å². The lowest BCUT2D eigenvalue weighted by atomic mass is 9.73. The molecule has 7 nitrogen and oxygen atoms in total. The number of methoxy groups -OCH3 is 1. The Morgan fingerprint density at radius 3 is 2.88 bits per heavy atom. The number of rotatable bonds is 5. The van der Waals surface area contributed by atoms with Crippen LogP contribution in [0, 0.1) is 6.92 Å². The number of amides is 2. The van der Waals surface area contributed by atoms with Gasteiger partial charge in [0.1, 0.15) is 5.75 Å². The normalized spacial score (nSPS) is 16.2. The molecular formula is C18H24N4O3. The molecule has 2 aromatic rings. The number of anilines is 1. The van der Waals surface area contributed by atoms with Crippen molar-refractivity contribution in [1.29, 1.82) is 0 Å². The number of ether oxygens (including phenoxy) is 2. The van der Waals surface area contributed by atoms with E-state index >= 15 is 0 Å². The molecule has 25 heavy (non-hydrogen) atoms. The van der Waals surface area contributed by atoms with Gasteiger partial charge in [-0.3, -0.25) is 5.10 Å². The monoisotopic (exact) mass is 344 g/mol. The Hall–Kier alpha value is -2.54. The first kappa shape index (κ1) is 17.3. The number of hydrogen-bond donors (Lipinski definition) is 3. The van der Waals surface area contributed by atoms with Crippen molar-refractivity contribution < 1.29 is 14.3 Å². The molecule has 0 spiro atoms. The van der Waals surface area contributed by atoms with Gasteiger partial charge >= 0.3 is 6.03 Å². The van der Waals surface area contributed by atoms with Crippen molar-refractivity contribution in [3.63, 3.8) is 0 Å². The SMILES string of the molecule is COc1ccc(C)cc1C1(CNC(=O)Nc2cn[nH]c2)CCOCC1. The van der Waals surface area contributed by atoms with Gasteiger partial charge in [-0.05, 0) is 25.8 Å².